The second-order valence-corrected chi connectivity index (χ2v) is 6.96. The second-order valence-electron chi connectivity index (χ2n) is 6.96. The highest BCUT2D eigenvalue weighted by Gasteiger charge is 2.18. The van der Waals surface area contributed by atoms with Crippen molar-refractivity contribution in [1.82, 2.24) is 29.0 Å². The number of hydrogen-bond donors (Lipinski definition) is 4. The van der Waals surface area contributed by atoms with Gasteiger partial charge in [-0.25, -0.2) is 14.8 Å². The van der Waals surface area contributed by atoms with E-state index in [1.54, 1.807) is 31.9 Å². The fourth-order valence-electron chi connectivity index (χ4n) is 2.93. The number of aromatic carboxylic acids is 1. The minimum absolute atomic E-state index is 0.0315. The van der Waals surface area contributed by atoms with Crippen molar-refractivity contribution in [2.75, 3.05) is 17.2 Å². The number of carbonyl (C=O) groups is 4. The molecule has 0 radical (unpaired) electrons. The van der Waals surface area contributed by atoms with Gasteiger partial charge in [-0.2, -0.15) is 0 Å². The zero-order valence-corrected chi connectivity index (χ0v) is 17.6. The molecule has 0 bridgehead atoms. The van der Waals surface area contributed by atoms with Crippen LogP contribution in [0.2, 0.25) is 0 Å². The van der Waals surface area contributed by atoms with E-state index in [9.17, 15) is 19.2 Å². The van der Waals surface area contributed by atoms with Gasteiger partial charge in [0.1, 0.15) is 5.69 Å². The summed E-state index contributed by atoms with van der Waals surface area (Å²) in [6, 6.07) is 1.34. The van der Waals surface area contributed by atoms with Gasteiger partial charge < -0.3 is 34.8 Å². The third kappa shape index (κ3) is 5.00. The van der Waals surface area contributed by atoms with E-state index in [1.807, 2.05) is 0 Å². The summed E-state index contributed by atoms with van der Waals surface area (Å²) in [6.45, 7) is 0.0328. The zero-order chi connectivity index (χ0) is 23.4. The van der Waals surface area contributed by atoms with Crippen molar-refractivity contribution >= 4 is 35.2 Å². The van der Waals surface area contributed by atoms with Crippen LogP contribution in [0.1, 0.15) is 38.1 Å². The summed E-state index contributed by atoms with van der Waals surface area (Å²) in [4.78, 5) is 55.8. The summed E-state index contributed by atoms with van der Waals surface area (Å²) in [5.74, 6) is -2.06. The number of nitrogens with one attached hydrogen (secondary N) is 3. The summed E-state index contributed by atoms with van der Waals surface area (Å²) >= 11 is 0. The molecule has 3 amide bonds. The molecule has 0 saturated heterocycles. The van der Waals surface area contributed by atoms with Gasteiger partial charge in [0.25, 0.3) is 11.8 Å². The quantitative estimate of drug-likeness (QED) is 0.387. The molecule has 0 fully saturated rings. The van der Waals surface area contributed by atoms with Crippen LogP contribution in [-0.2, 0) is 25.9 Å². The van der Waals surface area contributed by atoms with E-state index in [0.29, 0.717) is 5.69 Å². The number of nitrogens with zero attached hydrogens (tertiary/aromatic N) is 5. The van der Waals surface area contributed by atoms with Crippen LogP contribution in [0, 0.1) is 0 Å². The standard InChI is InChI=1S/C19H22N8O5/c1-25-7-6-20-15(25)18(30)24-13-10-27(3)16(23-13)17(29)21-5-4-14(28)22-11-8-12(19(31)32)26(2)9-11/h6-10H,4-5H2,1-3H3,(H,21,29)(H,22,28)(H,24,30)(H,31,32). The molecule has 0 unspecified atom stereocenters. The van der Waals surface area contributed by atoms with E-state index in [-0.39, 0.29) is 36.1 Å². The van der Waals surface area contributed by atoms with Gasteiger partial charge in [0.15, 0.2) is 11.6 Å². The van der Waals surface area contributed by atoms with Crippen molar-refractivity contribution in [3.05, 3.63) is 48.2 Å². The lowest BCUT2D eigenvalue weighted by molar-refractivity contribution is -0.116. The summed E-state index contributed by atoms with van der Waals surface area (Å²) in [6.07, 6.45) is 6.05. The summed E-state index contributed by atoms with van der Waals surface area (Å²) in [7, 11) is 4.83. The van der Waals surface area contributed by atoms with E-state index in [2.05, 4.69) is 25.9 Å². The highest BCUT2D eigenvalue weighted by molar-refractivity contribution is 6.01. The molecule has 3 aromatic heterocycles. The Balaban J connectivity index is 1.51. The van der Waals surface area contributed by atoms with Crippen LogP contribution in [0.4, 0.5) is 11.5 Å². The number of rotatable bonds is 8. The highest BCUT2D eigenvalue weighted by atomic mass is 16.4. The molecular formula is C19H22N8O5. The Hall–Kier alpha value is -4.42. The molecule has 168 valence electrons. The van der Waals surface area contributed by atoms with Crippen LogP contribution in [-0.4, -0.2) is 59.0 Å². The Bertz CT molecular complexity index is 1190. The Morgan fingerprint density at radius 1 is 0.969 bits per heavy atom. The van der Waals surface area contributed by atoms with Gasteiger partial charge >= 0.3 is 5.97 Å². The Morgan fingerprint density at radius 3 is 2.34 bits per heavy atom. The number of carboxylic acid groups (broad SMARTS) is 1. The van der Waals surface area contributed by atoms with Gasteiger partial charge in [-0.1, -0.05) is 0 Å². The molecule has 0 spiro atoms. The van der Waals surface area contributed by atoms with Crippen LogP contribution in [0.15, 0.2) is 30.9 Å². The molecule has 4 N–H and O–H groups in total. The maximum Gasteiger partial charge on any atom is 0.352 e. The number of imidazole rings is 2. The van der Waals surface area contributed by atoms with Gasteiger partial charge in [0, 0.05) is 58.9 Å². The molecule has 13 heteroatoms. The van der Waals surface area contributed by atoms with Crippen LogP contribution in [0.25, 0.3) is 0 Å². The maximum absolute atomic E-state index is 12.4. The Morgan fingerprint density at radius 2 is 1.72 bits per heavy atom. The average Bonchev–Trinajstić information content (AvgIpc) is 3.40. The molecule has 0 aliphatic rings. The highest BCUT2D eigenvalue weighted by Crippen LogP contribution is 2.13. The molecule has 3 heterocycles. The summed E-state index contributed by atoms with van der Waals surface area (Å²) < 4.78 is 4.38. The number of carboxylic acids is 1. The topological polar surface area (TPSA) is 165 Å². The maximum atomic E-state index is 12.4. The molecule has 32 heavy (non-hydrogen) atoms. The number of aromatic nitrogens is 5. The molecule has 0 saturated carbocycles. The van der Waals surface area contributed by atoms with E-state index in [4.69, 9.17) is 5.11 Å². The number of anilines is 2. The number of amides is 3. The van der Waals surface area contributed by atoms with Gasteiger partial charge in [-0.3, -0.25) is 14.4 Å². The van der Waals surface area contributed by atoms with E-state index in [0.717, 1.165) is 0 Å². The van der Waals surface area contributed by atoms with Gasteiger partial charge in [0.2, 0.25) is 11.7 Å². The fraction of sp³-hybridized carbons (Fsp3) is 0.263. The molecule has 0 aliphatic carbocycles. The molecular weight excluding hydrogens is 420 g/mol. The number of carbonyl (C=O) groups excluding carboxylic acids is 3. The van der Waals surface area contributed by atoms with Crippen molar-refractivity contribution in [2.24, 2.45) is 21.1 Å². The zero-order valence-electron chi connectivity index (χ0n) is 17.6. The summed E-state index contributed by atoms with van der Waals surface area (Å²) in [5, 5.41) is 16.8. The van der Waals surface area contributed by atoms with E-state index < -0.39 is 23.7 Å². The van der Waals surface area contributed by atoms with Gasteiger partial charge in [0.05, 0.1) is 5.69 Å². The average molecular weight is 442 g/mol. The van der Waals surface area contributed by atoms with Crippen molar-refractivity contribution in [1.29, 1.82) is 0 Å². The molecule has 0 aliphatic heterocycles. The largest absolute Gasteiger partial charge is 0.477 e. The molecule has 3 rings (SSSR count). The van der Waals surface area contributed by atoms with Crippen molar-refractivity contribution in [2.45, 2.75) is 6.42 Å². The van der Waals surface area contributed by atoms with Crippen molar-refractivity contribution in [3.8, 4) is 0 Å². The predicted octanol–water partition coefficient (Wildman–Crippen LogP) is 0.201. The first-order valence-corrected chi connectivity index (χ1v) is 9.45. The Kier molecular flexibility index (Phi) is 6.37. The van der Waals surface area contributed by atoms with E-state index >= 15 is 0 Å². The minimum atomic E-state index is -1.11. The lowest BCUT2D eigenvalue weighted by atomic mass is 10.3. The Labute approximate surface area is 182 Å². The van der Waals surface area contributed by atoms with Gasteiger partial charge in [-0.15, -0.1) is 0 Å². The first kappa shape index (κ1) is 22.3. The third-order valence-electron chi connectivity index (χ3n) is 4.49. The smallest absolute Gasteiger partial charge is 0.352 e. The first-order chi connectivity index (χ1) is 15.2. The van der Waals surface area contributed by atoms with Crippen LogP contribution in [0.5, 0.6) is 0 Å². The monoisotopic (exact) mass is 442 g/mol. The first-order valence-electron chi connectivity index (χ1n) is 9.45. The van der Waals surface area contributed by atoms with E-state index in [1.165, 1.54) is 33.8 Å². The molecule has 0 atom stereocenters. The SMILES string of the molecule is Cn1cc(NC(=O)CCNC(=O)c2nc(NC(=O)c3nccn3C)cn2C)cc1C(=O)O. The van der Waals surface area contributed by atoms with Crippen LogP contribution in [0.3, 0.4) is 0 Å². The summed E-state index contributed by atoms with van der Waals surface area (Å²) in [5.41, 5.74) is 0.382. The molecule has 0 aromatic carbocycles. The van der Waals surface area contributed by atoms with Crippen molar-refractivity contribution in [3.63, 3.8) is 0 Å². The third-order valence-corrected chi connectivity index (χ3v) is 4.49. The molecule has 3 aromatic rings. The lowest BCUT2D eigenvalue weighted by Crippen LogP contribution is -2.29. The predicted molar refractivity (Wildman–Crippen MR) is 112 cm³/mol. The minimum Gasteiger partial charge on any atom is -0.477 e. The van der Waals surface area contributed by atoms with Gasteiger partial charge in [-0.05, 0) is 6.07 Å². The van der Waals surface area contributed by atoms with Crippen molar-refractivity contribution < 1.29 is 24.3 Å². The molecule has 13 nitrogen and oxygen atoms in total. The number of aryl methyl sites for hydroxylation is 3. The fourth-order valence-corrected chi connectivity index (χ4v) is 2.93. The second kappa shape index (κ2) is 9.16. The normalized spacial score (nSPS) is 10.6. The lowest BCUT2D eigenvalue weighted by Gasteiger charge is -2.05. The van der Waals surface area contributed by atoms with Crippen LogP contribution >= 0.6 is 0 Å². The van der Waals surface area contributed by atoms with Crippen LogP contribution < -0.4 is 16.0 Å². The number of hydrogen-bond acceptors (Lipinski definition) is 6.